The van der Waals surface area contributed by atoms with E-state index in [9.17, 15) is 21.6 Å². The van der Waals surface area contributed by atoms with Gasteiger partial charge in [-0.2, -0.15) is 21.6 Å². The highest BCUT2D eigenvalue weighted by molar-refractivity contribution is 7.87. The van der Waals surface area contributed by atoms with Crippen LogP contribution in [0, 0.1) is 0 Å². The first-order chi connectivity index (χ1) is 7.83. The molecule has 0 heterocycles. The Labute approximate surface area is 98.1 Å². The molecule has 0 unspecified atom stereocenters. The highest BCUT2D eigenvalue weighted by Gasteiger charge is 2.47. The summed E-state index contributed by atoms with van der Waals surface area (Å²) in [5.41, 5.74) is -4.24. The van der Waals surface area contributed by atoms with Crippen LogP contribution in [0.4, 0.5) is 13.2 Å². The largest absolute Gasteiger partial charge is 0.523 e. The van der Waals surface area contributed by atoms with Crippen LogP contribution >= 0.6 is 0 Å². The first kappa shape index (κ1) is 14.2. The Bertz CT molecular complexity index is 407. The maximum atomic E-state index is 11.9. The van der Waals surface area contributed by atoms with Gasteiger partial charge in [-0.25, -0.2) is 0 Å². The van der Waals surface area contributed by atoms with E-state index in [0.29, 0.717) is 6.42 Å². The first-order valence-corrected chi connectivity index (χ1v) is 6.52. The van der Waals surface area contributed by atoms with E-state index >= 15 is 0 Å². The maximum absolute atomic E-state index is 11.9. The lowest BCUT2D eigenvalue weighted by atomic mass is 10.0. The molecule has 0 aromatic rings. The van der Waals surface area contributed by atoms with Crippen LogP contribution in [-0.4, -0.2) is 20.5 Å². The molecule has 0 bridgehead atoms. The number of rotatable bonds is 5. The van der Waals surface area contributed by atoms with E-state index < -0.39 is 22.2 Å². The van der Waals surface area contributed by atoms with Crippen LogP contribution < -0.4 is 0 Å². The zero-order valence-corrected chi connectivity index (χ0v) is 9.85. The SMILES string of the molecule is O=S(=O)(OCCCC1=CCC=CC1)C(F)(F)F. The summed E-state index contributed by atoms with van der Waals surface area (Å²) < 4.78 is 60.6. The van der Waals surface area contributed by atoms with Crippen molar-refractivity contribution in [1.82, 2.24) is 0 Å². The standard InChI is InChI=1S/C10H13F3O3S/c11-10(12,13)17(14,15)16-8-4-7-9-5-2-1-3-6-9/h1-2,6H,3-5,7-8H2. The Balaban J connectivity index is 2.27. The number of hydrogen-bond acceptors (Lipinski definition) is 3. The summed E-state index contributed by atoms with van der Waals surface area (Å²) in [5.74, 6) is 0. The van der Waals surface area contributed by atoms with Gasteiger partial charge in [0.1, 0.15) is 0 Å². The lowest BCUT2D eigenvalue weighted by Crippen LogP contribution is -2.25. The van der Waals surface area contributed by atoms with Gasteiger partial charge >= 0.3 is 15.6 Å². The van der Waals surface area contributed by atoms with Crippen molar-refractivity contribution in [3.63, 3.8) is 0 Å². The van der Waals surface area contributed by atoms with Gasteiger partial charge in [0.25, 0.3) is 0 Å². The number of halogens is 3. The smallest absolute Gasteiger partial charge is 0.263 e. The van der Waals surface area contributed by atoms with Crippen molar-refractivity contribution in [2.45, 2.75) is 31.2 Å². The average molecular weight is 270 g/mol. The summed E-state index contributed by atoms with van der Waals surface area (Å²) in [6.45, 7) is -0.442. The summed E-state index contributed by atoms with van der Waals surface area (Å²) in [6, 6.07) is 0. The van der Waals surface area contributed by atoms with Gasteiger partial charge in [-0.1, -0.05) is 23.8 Å². The molecule has 0 atom stereocenters. The number of alkyl halides is 3. The molecule has 98 valence electrons. The summed E-state index contributed by atoms with van der Waals surface area (Å²) in [7, 11) is -5.43. The van der Waals surface area contributed by atoms with Crippen LogP contribution in [0.5, 0.6) is 0 Å². The Morgan fingerprint density at radius 2 is 2.00 bits per heavy atom. The fraction of sp³-hybridized carbons (Fsp3) is 0.600. The molecule has 0 aliphatic heterocycles. The third-order valence-corrected chi connectivity index (χ3v) is 3.30. The molecule has 0 radical (unpaired) electrons. The lowest BCUT2D eigenvalue weighted by molar-refractivity contribution is -0.0542. The van der Waals surface area contributed by atoms with Crippen molar-refractivity contribution in [2.24, 2.45) is 0 Å². The topological polar surface area (TPSA) is 43.4 Å². The second-order valence-corrected chi connectivity index (χ2v) is 5.21. The van der Waals surface area contributed by atoms with E-state index in [-0.39, 0.29) is 6.42 Å². The normalized spacial score (nSPS) is 17.0. The molecular weight excluding hydrogens is 257 g/mol. The van der Waals surface area contributed by atoms with Crippen molar-refractivity contribution in [2.75, 3.05) is 6.61 Å². The Morgan fingerprint density at radius 3 is 2.53 bits per heavy atom. The summed E-state index contributed by atoms with van der Waals surface area (Å²) in [6.07, 6.45) is 8.35. The van der Waals surface area contributed by atoms with Crippen molar-refractivity contribution in [3.05, 3.63) is 23.8 Å². The molecule has 0 N–H and O–H groups in total. The zero-order chi connectivity index (χ0) is 12.9. The molecular formula is C10H13F3O3S. The highest BCUT2D eigenvalue weighted by atomic mass is 32.2. The molecule has 1 aliphatic rings. The maximum Gasteiger partial charge on any atom is 0.523 e. The predicted molar refractivity (Wildman–Crippen MR) is 56.6 cm³/mol. The molecule has 0 saturated carbocycles. The van der Waals surface area contributed by atoms with Crippen molar-refractivity contribution >= 4 is 10.1 Å². The van der Waals surface area contributed by atoms with Crippen LogP contribution in [0.15, 0.2) is 23.8 Å². The van der Waals surface area contributed by atoms with Gasteiger partial charge in [0.05, 0.1) is 6.61 Å². The average Bonchev–Trinajstić information content (AvgIpc) is 2.24. The quantitative estimate of drug-likeness (QED) is 0.334. The number of allylic oxidation sites excluding steroid dienone is 4. The second-order valence-electron chi connectivity index (χ2n) is 3.60. The van der Waals surface area contributed by atoms with E-state index in [1.807, 2.05) is 18.2 Å². The minimum Gasteiger partial charge on any atom is -0.263 e. The van der Waals surface area contributed by atoms with Gasteiger partial charge in [-0.05, 0) is 25.7 Å². The predicted octanol–water partition coefficient (Wildman–Crippen LogP) is 2.91. The minimum atomic E-state index is -5.43. The van der Waals surface area contributed by atoms with Crippen molar-refractivity contribution in [3.8, 4) is 0 Å². The van der Waals surface area contributed by atoms with Gasteiger partial charge < -0.3 is 0 Å². The molecule has 1 rings (SSSR count). The monoisotopic (exact) mass is 270 g/mol. The Hall–Kier alpha value is -0.820. The van der Waals surface area contributed by atoms with Crippen molar-refractivity contribution < 1.29 is 25.8 Å². The fourth-order valence-corrected chi connectivity index (χ4v) is 1.86. The van der Waals surface area contributed by atoms with E-state index in [4.69, 9.17) is 0 Å². The third-order valence-electron chi connectivity index (χ3n) is 2.25. The van der Waals surface area contributed by atoms with E-state index in [2.05, 4.69) is 4.18 Å². The molecule has 7 heteroatoms. The Kier molecular flexibility index (Phi) is 4.76. The lowest BCUT2D eigenvalue weighted by Gasteiger charge is -2.10. The van der Waals surface area contributed by atoms with Gasteiger partial charge in [0, 0.05) is 0 Å². The number of hydrogen-bond donors (Lipinski definition) is 0. The Morgan fingerprint density at radius 1 is 1.29 bits per heavy atom. The summed E-state index contributed by atoms with van der Waals surface area (Å²) >= 11 is 0. The van der Waals surface area contributed by atoms with Crippen molar-refractivity contribution in [1.29, 1.82) is 0 Å². The highest BCUT2D eigenvalue weighted by Crippen LogP contribution is 2.25. The van der Waals surface area contributed by atoms with Gasteiger partial charge in [0.15, 0.2) is 0 Å². The molecule has 0 amide bonds. The van der Waals surface area contributed by atoms with Gasteiger partial charge in [0.2, 0.25) is 0 Å². The molecule has 0 spiro atoms. The molecule has 17 heavy (non-hydrogen) atoms. The van der Waals surface area contributed by atoms with E-state index in [0.717, 1.165) is 18.4 Å². The first-order valence-electron chi connectivity index (χ1n) is 5.11. The van der Waals surface area contributed by atoms with Gasteiger partial charge in [-0.15, -0.1) is 0 Å². The third kappa shape index (κ3) is 4.51. The summed E-state index contributed by atoms with van der Waals surface area (Å²) in [5, 5.41) is 0. The van der Waals surface area contributed by atoms with Gasteiger partial charge in [-0.3, -0.25) is 4.18 Å². The van der Waals surface area contributed by atoms with Crippen LogP contribution in [0.3, 0.4) is 0 Å². The molecule has 0 saturated heterocycles. The van der Waals surface area contributed by atoms with E-state index in [1.54, 1.807) is 0 Å². The zero-order valence-electron chi connectivity index (χ0n) is 9.03. The van der Waals surface area contributed by atoms with Crippen LogP contribution in [0.2, 0.25) is 0 Å². The molecule has 0 aromatic heterocycles. The fourth-order valence-electron chi connectivity index (χ4n) is 1.39. The minimum absolute atomic E-state index is 0.259. The molecule has 0 aromatic carbocycles. The van der Waals surface area contributed by atoms with Crippen LogP contribution in [-0.2, 0) is 14.3 Å². The van der Waals surface area contributed by atoms with Crippen LogP contribution in [0.25, 0.3) is 0 Å². The summed E-state index contributed by atoms with van der Waals surface area (Å²) in [4.78, 5) is 0. The van der Waals surface area contributed by atoms with Crippen LogP contribution in [0.1, 0.15) is 25.7 Å². The molecule has 0 fully saturated rings. The molecule has 1 aliphatic carbocycles. The van der Waals surface area contributed by atoms with E-state index in [1.165, 1.54) is 0 Å². The molecule has 3 nitrogen and oxygen atoms in total. The second kappa shape index (κ2) is 5.68.